The van der Waals surface area contributed by atoms with Gasteiger partial charge in [-0.15, -0.1) is 0 Å². The lowest BCUT2D eigenvalue weighted by atomic mass is 10.1. The van der Waals surface area contributed by atoms with Crippen LogP contribution in [0.2, 0.25) is 0 Å². The van der Waals surface area contributed by atoms with E-state index in [-0.39, 0.29) is 5.91 Å². The number of hydrogen-bond acceptors (Lipinski definition) is 4. The van der Waals surface area contributed by atoms with Crippen LogP contribution in [0.4, 0.5) is 0 Å². The third-order valence-electron chi connectivity index (χ3n) is 3.65. The molecule has 1 aliphatic heterocycles. The van der Waals surface area contributed by atoms with E-state index in [1.165, 1.54) is 6.20 Å². The minimum absolute atomic E-state index is 0.103. The van der Waals surface area contributed by atoms with Gasteiger partial charge in [-0.05, 0) is 18.6 Å². The fourth-order valence-electron chi connectivity index (χ4n) is 2.45. The molecule has 0 radical (unpaired) electrons. The highest BCUT2D eigenvalue weighted by molar-refractivity contribution is 6.18. The Morgan fingerprint density at radius 1 is 1.43 bits per heavy atom. The Morgan fingerprint density at radius 2 is 2.29 bits per heavy atom. The first-order chi connectivity index (χ1) is 10.2. The molecule has 0 saturated carbocycles. The molecule has 6 nitrogen and oxygen atoms in total. The summed E-state index contributed by atoms with van der Waals surface area (Å²) in [6.45, 7) is 3.12. The van der Waals surface area contributed by atoms with Gasteiger partial charge in [-0.1, -0.05) is 6.07 Å². The minimum Gasteiger partial charge on any atom is -0.404 e. The molecular formula is C15H17N5O. The first-order valence-corrected chi connectivity index (χ1v) is 6.84. The second-order valence-electron chi connectivity index (χ2n) is 5.11. The molecule has 3 rings (SSSR count). The van der Waals surface area contributed by atoms with Crippen molar-refractivity contribution in [2.45, 2.75) is 19.9 Å². The lowest BCUT2D eigenvalue weighted by Gasteiger charge is -2.27. The maximum Gasteiger partial charge on any atom is 0.257 e. The van der Waals surface area contributed by atoms with Crippen molar-refractivity contribution in [1.82, 2.24) is 19.9 Å². The maximum atomic E-state index is 12.6. The molecule has 0 aromatic carbocycles. The first kappa shape index (κ1) is 13.4. The summed E-state index contributed by atoms with van der Waals surface area (Å²) in [5, 5.41) is 0. The molecule has 2 aromatic heterocycles. The molecule has 0 unspecified atom stereocenters. The number of hydrogen-bond donors (Lipinski definition) is 2. The van der Waals surface area contributed by atoms with Crippen molar-refractivity contribution < 1.29 is 4.79 Å². The van der Waals surface area contributed by atoms with Crippen LogP contribution in [-0.4, -0.2) is 32.3 Å². The first-order valence-electron chi connectivity index (χ1n) is 6.84. The Morgan fingerprint density at radius 3 is 3.00 bits per heavy atom. The van der Waals surface area contributed by atoms with E-state index >= 15 is 0 Å². The van der Waals surface area contributed by atoms with E-state index in [1.807, 2.05) is 19.1 Å². The van der Waals surface area contributed by atoms with Crippen molar-refractivity contribution >= 4 is 11.5 Å². The van der Waals surface area contributed by atoms with Crippen LogP contribution in [0.3, 0.4) is 0 Å². The van der Waals surface area contributed by atoms with E-state index in [0.717, 1.165) is 23.4 Å². The summed E-state index contributed by atoms with van der Waals surface area (Å²) in [6.07, 6.45) is 5.49. The molecule has 21 heavy (non-hydrogen) atoms. The SMILES string of the molecule is Cc1ccc(/C(=C\N)C(=O)N2CCc3nc[nH]c3C2)nc1. The van der Waals surface area contributed by atoms with Crippen LogP contribution in [0.5, 0.6) is 0 Å². The maximum absolute atomic E-state index is 12.6. The molecule has 6 heteroatoms. The zero-order valence-electron chi connectivity index (χ0n) is 11.8. The van der Waals surface area contributed by atoms with Gasteiger partial charge < -0.3 is 15.6 Å². The Kier molecular flexibility index (Phi) is 3.43. The predicted molar refractivity (Wildman–Crippen MR) is 78.8 cm³/mol. The third-order valence-corrected chi connectivity index (χ3v) is 3.65. The third kappa shape index (κ3) is 2.52. The highest BCUT2D eigenvalue weighted by Crippen LogP contribution is 2.20. The molecule has 0 saturated heterocycles. The summed E-state index contributed by atoms with van der Waals surface area (Å²) in [4.78, 5) is 26.0. The van der Waals surface area contributed by atoms with E-state index in [1.54, 1.807) is 17.4 Å². The molecule has 2 aromatic rings. The highest BCUT2D eigenvalue weighted by atomic mass is 16.2. The van der Waals surface area contributed by atoms with Crippen LogP contribution >= 0.6 is 0 Å². The molecule has 0 bridgehead atoms. The van der Waals surface area contributed by atoms with Crippen molar-refractivity contribution in [3.8, 4) is 0 Å². The van der Waals surface area contributed by atoms with E-state index in [2.05, 4.69) is 15.0 Å². The number of amides is 1. The molecule has 1 amide bonds. The average molecular weight is 283 g/mol. The van der Waals surface area contributed by atoms with Crippen molar-refractivity contribution in [3.05, 3.63) is 53.5 Å². The second kappa shape index (κ2) is 5.40. The molecule has 0 aliphatic carbocycles. The number of pyridine rings is 1. The number of aromatic nitrogens is 3. The lowest BCUT2D eigenvalue weighted by molar-refractivity contribution is -0.126. The van der Waals surface area contributed by atoms with Crippen LogP contribution in [-0.2, 0) is 17.8 Å². The number of nitrogens with zero attached hydrogens (tertiary/aromatic N) is 3. The highest BCUT2D eigenvalue weighted by Gasteiger charge is 2.25. The van der Waals surface area contributed by atoms with E-state index in [4.69, 9.17) is 5.73 Å². The number of nitrogens with one attached hydrogen (secondary N) is 1. The summed E-state index contributed by atoms with van der Waals surface area (Å²) >= 11 is 0. The monoisotopic (exact) mass is 283 g/mol. The zero-order chi connectivity index (χ0) is 14.8. The number of fused-ring (bicyclic) bond motifs is 1. The van der Waals surface area contributed by atoms with Crippen LogP contribution in [0.1, 0.15) is 22.6 Å². The van der Waals surface area contributed by atoms with Crippen LogP contribution < -0.4 is 5.73 Å². The fourth-order valence-corrected chi connectivity index (χ4v) is 2.45. The number of carbonyl (C=O) groups excluding carboxylic acids is 1. The topological polar surface area (TPSA) is 87.9 Å². The largest absolute Gasteiger partial charge is 0.404 e. The second-order valence-corrected chi connectivity index (χ2v) is 5.11. The number of aromatic amines is 1. The zero-order valence-corrected chi connectivity index (χ0v) is 11.8. The van der Waals surface area contributed by atoms with Gasteiger partial charge in [0.2, 0.25) is 0 Å². The van der Waals surface area contributed by atoms with Crippen molar-refractivity contribution in [2.75, 3.05) is 6.54 Å². The van der Waals surface area contributed by atoms with Gasteiger partial charge in [-0.25, -0.2) is 4.98 Å². The van der Waals surface area contributed by atoms with Crippen LogP contribution in [0.25, 0.3) is 5.57 Å². The number of imidazole rings is 1. The minimum atomic E-state index is -0.103. The number of H-pyrrole nitrogens is 1. The van der Waals surface area contributed by atoms with Crippen LogP contribution in [0.15, 0.2) is 30.9 Å². The van der Waals surface area contributed by atoms with E-state index in [9.17, 15) is 4.79 Å². The summed E-state index contributed by atoms with van der Waals surface area (Å²) in [5.41, 5.74) is 9.75. The smallest absolute Gasteiger partial charge is 0.257 e. The average Bonchev–Trinajstić information content (AvgIpc) is 2.97. The molecule has 3 N–H and O–H groups in total. The normalized spacial score (nSPS) is 14.9. The van der Waals surface area contributed by atoms with Gasteiger partial charge in [-0.3, -0.25) is 9.78 Å². The quantitative estimate of drug-likeness (QED) is 0.805. The molecule has 1 aliphatic rings. The summed E-state index contributed by atoms with van der Waals surface area (Å²) in [5.74, 6) is -0.103. The molecule has 108 valence electrons. The molecule has 0 fully saturated rings. The van der Waals surface area contributed by atoms with Gasteiger partial charge in [-0.2, -0.15) is 0 Å². The summed E-state index contributed by atoms with van der Waals surface area (Å²) in [6, 6.07) is 3.74. The Labute approximate surface area is 122 Å². The van der Waals surface area contributed by atoms with Gasteiger partial charge in [0.25, 0.3) is 5.91 Å². The fraction of sp³-hybridized carbons (Fsp3) is 0.267. The molecule has 3 heterocycles. The van der Waals surface area contributed by atoms with Gasteiger partial charge in [0, 0.05) is 25.4 Å². The van der Waals surface area contributed by atoms with E-state index in [0.29, 0.717) is 24.4 Å². The van der Waals surface area contributed by atoms with Gasteiger partial charge in [0.15, 0.2) is 0 Å². The van der Waals surface area contributed by atoms with Crippen LogP contribution in [0, 0.1) is 6.92 Å². The van der Waals surface area contributed by atoms with Crippen molar-refractivity contribution in [1.29, 1.82) is 0 Å². The number of carbonyl (C=O) groups is 1. The lowest BCUT2D eigenvalue weighted by Crippen LogP contribution is -2.36. The predicted octanol–water partition coefficient (Wildman–Crippen LogP) is 0.998. The Bertz CT molecular complexity index is 686. The number of aryl methyl sites for hydroxylation is 1. The molecule has 0 spiro atoms. The van der Waals surface area contributed by atoms with Gasteiger partial charge in [0.1, 0.15) is 0 Å². The molecule has 0 atom stereocenters. The van der Waals surface area contributed by atoms with Gasteiger partial charge in [0.05, 0.1) is 35.5 Å². The Hall–Kier alpha value is -2.63. The van der Waals surface area contributed by atoms with Crippen molar-refractivity contribution in [3.63, 3.8) is 0 Å². The van der Waals surface area contributed by atoms with E-state index < -0.39 is 0 Å². The number of nitrogens with two attached hydrogens (primary N) is 1. The van der Waals surface area contributed by atoms with Gasteiger partial charge >= 0.3 is 0 Å². The molecular weight excluding hydrogens is 266 g/mol. The van der Waals surface area contributed by atoms with Crippen molar-refractivity contribution in [2.24, 2.45) is 5.73 Å². The Balaban J connectivity index is 1.82. The standard InChI is InChI=1S/C15H17N5O/c1-10-2-3-12(17-7-10)11(6-16)15(21)20-5-4-13-14(8-20)19-9-18-13/h2-3,6-7,9H,4-5,8,16H2,1H3,(H,18,19)/b11-6+. The summed E-state index contributed by atoms with van der Waals surface area (Å²) < 4.78 is 0. The summed E-state index contributed by atoms with van der Waals surface area (Å²) in [7, 11) is 0. The number of rotatable bonds is 2.